The molecule has 0 spiro atoms. The summed E-state index contributed by atoms with van der Waals surface area (Å²) in [6.07, 6.45) is 1.61. The van der Waals surface area contributed by atoms with Gasteiger partial charge in [-0.15, -0.1) is 11.3 Å². The molecule has 2 aromatic carbocycles. The molecule has 2 heterocycles. The summed E-state index contributed by atoms with van der Waals surface area (Å²) in [6.45, 7) is 0. The first-order valence-corrected chi connectivity index (χ1v) is 9.43. The lowest BCUT2D eigenvalue weighted by atomic mass is 10.2. The van der Waals surface area contributed by atoms with Crippen LogP contribution in [0.2, 0.25) is 0 Å². The average Bonchev–Trinajstić information content (AvgIpc) is 3.32. The van der Waals surface area contributed by atoms with Crippen molar-refractivity contribution in [2.75, 3.05) is 5.01 Å². The highest BCUT2D eigenvalue weighted by Gasteiger charge is 2.21. The van der Waals surface area contributed by atoms with Crippen LogP contribution in [0.3, 0.4) is 0 Å². The molecular formula is C19H12FN3OS2. The Kier molecular flexibility index (Phi) is 4.55. The highest BCUT2D eigenvalue weighted by atomic mass is 32.1. The fraction of sp³-hybridized carbons (Fsp3) is 0. The van der Waals surface area contributed by atoms with Gasteiger partial charge in [-0.1, -0.05) is 47.7 Å². The van der Waals surface area contributed by atoms with E-state index >= 15 is 0 Å². The van der Waals surface area contributed by atoms with Crippen LogP contribution in [0.5, 0.6) is 0 Å². The van der Waals surface area contributed by atoms with E-state index in [4.69, 9.17) is 0 Å². The molecule has 1 amide bonds. The summed E-state index contributed by atoms with van der Waals surface area (Å²) in [4.78, 5) is 17.9. The first-order valence-electron chi connectivity index (χ1n) is 7.74. The molecule has 128 valence electrons. The number of rotatable bonds is 4. The third kappa shape index (κ3) is 3.40. The monoisotopic (exact) mass is 381 g/mol. The van der Waals surface area contributed by atoms with Crippen molar-refractivity contribution in [3.05, 3.63) is 82.3 Å². The van der Waals surface area contributed by atoms with Crippen molar-refractivity contribution in [1.82, 2.24) is 4.98 Å². The number of carbonyl (C=O) groups is 1. The van der Waals surface area contributed by atoms with Gasteiger partial charge in [0.2, 0.25) is 5.13 Å². The molecule has 0 aliphatic carbocycles. The second-order valence-electron chi connectivity index (χ2n) is 5.36. The molecule has 2 aromatic heterocycles. The molecule has 0 fully saturated rings. The van der Waals surface area contributed by atoms with Crippen LogP contribution in [0.1, 0.15) is 15.2 Å². The van der Waals surface area contributed by atoms with Crippen LogP contribution in [-0.4, -0.2) is 17.1 Å². The largest absolute Gasteiger partial charge is 0.290 e. The number of hydrogen-bond donors (Lipinski definition) is 0. The first kappa shape index (κ1) is 16.6. The van der Waals surface area contributed by atoms with Crippen LogP contribution in [0.25, 0.3) is 10.2 Å². The van der Waals surface area contributed by atoms with E-state index in [9.17, 15) is 9.18 Å². The predicted octanol–water partition coefficient (Wildman–Crippen LogP) is 5.18. The minimum Gasteiger partial charge on any atom is -0.266 e. The van der Waals surface area contributed by atoms with Gasteiger partial charge >= 0.3 is 0 Å². The Balaban J connectivity index is 1.76. The molecule has 0 radical (unpaired) electrons. The number of anilines is 1. The zero-order chi connectivity index (χ0) is 17.9. The number of hydrogen-bond acceptors (Lipinski definition) is 5. The van der Waals surface area contributed by atoms with Crippen LogP contribution in [-0.2, 0) is 0 Å². The number of fused-ring (bicyclic) bond motifs is 1. The van der Waals surface area contributed by atoms with Gasteiger partial charge in [0.25, 0.3) is 5.91 Å². The summed E-state index contributed by atoms with van der Waals surface area (Å²) < 4.78 is 14.1. The van der Waals surface area contributed by atoms with Gasteiger partial charge in [0.1, 0.15) is 5.82 Å². The summed E-state index contributed by atoms with van der Waals surface area (Å²) in [5.41, 5.74) is 1.49. The lowest BCUT2D eigenvalue weighted by Crippen LogP contribution is -2.24. The molecule has 0 atom stereocenters. The van der Waals surface area contributed by atoms with Gasteiger partial charge in [-0.05, 0) is 35.2 Å². The van der Waals surface area contributed by atoms with Crippen molar-refractivity contribution in [2.24, 2.45) is 5.10 Å². The van der Waals surface area contributed by atoms with Gasteiger partial charge in [-0.3, -0.25) is 4.79 Å². The van der Waals surface area contributed by atoms with E-state index in [-0.39, 0.29) is 11.7 Å². The van der Waals surface area contributed by atoms with Crippen molar-refractivity contribution in [2.45, 2.75) is 0 Å². The quantitative estimate of drug-likeness (QED) is 0.361. The average molecular weight is 381 g/mol. The van der Waals surface area contributed by atoms with Crippen LogP contribution >= 0.6 is 22.7 Å². The number of aromatic nitrogens is 1. The molecule has 0 unspecified atom stereocenters. The standard InChI is InChI=1S/C19H12FN3OS2/c20-14-8-9-15-17(11-14)26-19(22-15)23(18(24)16-7-4-10-25-16)21-12-13-5-2-1-3-6-13/h1-12H/b21-12-. The van der Waals surface area contributed by atoms with Crippen molar-refractivity contribution in [3.63, 3.8) is 0 Å². The Hall–Kier alpha value is -2.90. The van der Waals surface area contributed by atoms with Crippen LogP contribution in [0.4, 0.5) is 9.52 Å². The lowest BCUT2D eigenvalue weighted by molar-refractivity contribution is 0.0991. The molecule has 0 saturated heterocycles. The number of thiophene rings is 1. The highest BCUT2D eigenvalue weighted by Crippen LogP contribution is 2.31. The van der Waals surface area contributed by atoms with Crippen LogP contribution in [0.15, 0.2) is 71.1 Å². The highest BCUT2D eigenvalue weighted by molar-refractivity contribution is 7.22. The zero-order valence-corrected chi connectivity index (χ0v) is 15.0. The molecule has 0 saturated carbocycles. The molecule has 4 aromatic rings. The Labute approximate surface area is 156 Å². The number of halogens is 1. The van der Waals surface area contributed by atoms with Crippen molar-refractivity contribution in [1.29, 1.82) is 0 Å². The smallest absolute Gasteiger partial charge is 0.266 e. The molecule has 4 nitrogen and oxygen atoms in total. The summed E-state index contributed by atoms with van der Waals surface area (Å²) >= 11 is 2.56. The maximum Gasteiger partial charge on any atom is 0.290 e. The molecule has 0 N–H and O–H groups in total. The van der Waals surface area contributed by atoms with E-state index in [1.165, 1.54) is 39.8 Å². The van der Waals surface area contributed by atoms with E-state index in [0.717, 1.165) is 5.56 Å². The van der Waals surface area contributed by atoms with Crippen molar-refractivity contribution in [3.8, 4) is 0 Å². The number of nitrogens with zero attached hydrogens (tertiary/aromatic N) is 3. The van der Waals surface area contributed by atoms with E-state index in [1.54, 1.807) is 18.3 Å². The van der Waals surface area contributed by atoms with Gasteiger partial charge in [-0.2, -0.15) is 10.1 Å². The van der Waals surface area contributed by atoms with Crippen molar-refractivity contribution < 1.29 is 9.18 Å². The van der Waals surface area contributed by atoms with Gasteiger partial charge in [0.05, 0.1) is 21.3 Å². The second kappa shape index (κ2) is 7.15. The normalized spacial score (nSPS) is 11.3. The molecule has 0 bridgehead atoms. The Morgan fingerprint density at radius 2 is 1.96 bits per heavy atom. The Morgan fingerprint density at radius 3 is 2.73 bits per heavy atom. The third-order valence-corrected chi connectivity index (χ3v) is 5.42. The molecular weight excluding hydrogens is 369 g/mol. The molecule has 26 heavy (non-hydrogen) atoms. The summed E-state index contributed by atoms with van der Waals surface area (Å²) in [7, 11) is 0. The summed E-state index contributed by atoms with van der Waals surface area (Å²) in [6, 6.07) is 17.4. The van der Waals surface area contributed by atoms with E-state index in [1.807, 2.05) is 41.8 Å². The number of carbonyl (C=O) groups excluding carboxylic acids is 1. The maximum atomic E-state index is 13.5. The summed E-state index contributed by atoms with van der Waals surface area (Å²) in [5.74, 6) is -0.608. The fourth-order valence-electron chi connectivity index (χ4n) is 2.33. The molecule has 7 heteroatoms. The number of hydrazone groups is 1. The topological polar surface area (TPSA) is 45.6 Å². The van der Waals surface area contributed by atoms with Gasteiger partial charge < -0.3 is 0 Å². The second-order valence-corrected chi connectivity index (χ2v) is 7.31. The number of thiazole rings is 1. The van der Waals surface area contributed by atoms with Crippen LogP contribution < -0.4 is 5.01 Å². The van der Waals surface area contributed by atoms with Crippen molar-refractivity contribution >= 4 is 50.1 Å². The molecule has 0 aliphatic heterocycles. The minimum atomic E-state index is -0.336. The third-order valence-electron chi connectivity index (χ3n) is 3.57. The molecule has 0 aliphatic rings. The Morgan fingerprint density at radius 1 is 1.12 bits per heavy atom. The Bertz CT molecular complexity index is 1070. The molecule has 4 rings (SSSR count). The maximum absolute atomic E-state index is 13.5. The van der Waals surface area contributed by atoms with Crippen LogP contribution in [0, 0.1) is 5.82 Å². The minimum absolute atomic E-state index is 0.272. The van der Waals surface area contributed by atoms with E-state index < -0.39 is 0 Å². The van der Waals surface area contributed by atoms with E-state index in [0.29, 0.717) is 20.2 Å². The fourth-order valence-corrected chi connectivity index (χ4v) is 3.93. The van der Waals surface area contributed by atoms with Gasteiger partial charge in [-0.25, -0.2) is 9.37 Å². The van der Waals surface area contributed by atoms with Gasteiger partial charge in [0, 0.05) is 0 Å². The van der Waals surface area contributed by atoms with E-state index in [2.05, 4.69) is 10.1 Å². The number of benzene rings is 2. The lowest BCUT2D eigenvalue weighted by Gasteiger charge is -2.12. The number of amides is 1. The predicted molar refractivity (Wildman–Crippen MR) is 105 cm³/mol. The van der Waals surface area contributed by atoms with Gasteiger partial charge in [0.15, 0.2) is 0 Å². The zero-order valence-electron chi connectivity index (χ0n) is 13.4. The SMILES string of the molecule is O=C(c1cccs1)N(/N=C\c1ccccc1)c1nc2ccc(F)cc2s1. The summed E-state index contributed by atoms with van der Waals surface area (Å²) in [5, 5.41) is 7.86. The first-order chi connectivity index (χ1) is 12.7.